The molecule has 8 nitrogen and oxygen atoms in total. The second-order valence-corrected chi connectivity index (χ2v) is 6.73. The zero-order valence-corrected chi connectivity index (χ0v) is 17.0. The normalized spacial score (nSPS) is 10.8. The van der Waals surface area contributed by atoms with E-state index in [4.69, 9.17) is 14.0 Å². The molecule has 0 atom stereocenters. The Kier molecular flexibility index (Phi) is 5.05. The molecule has 0 aliphatic heterocycles. The summed E-state index contributed by atoms with van der Waals surface area (Å²) < 4.78 is 17.5. The van der Waals surface area contributed by atoms with Gasteiger partial charge in [0.2, 0.25) is 11.3 Å². The van der Waals surface area contributed by atoms with E-state index >= 15 is 0 Å². The maximum absolute atomic E-state index is 12.4. The van der Waals surface area contributed by atoms with Crippen molar-refractivity contribution in [2.45, 2.75) is 13.8 Å². The summed E-state index contributed by atoms with van der Waals surface area (Å²) in [6.07, 6.45) is 1.61. The molecule has 0 spiro atoms. The molecular weight excluding hydrogens is 384 g/mol. The molecule has 0 unspecified atom stereocenters. The average molecular weight is 404 g/mol. The Balaban J connectivity index is 1.73. The van der Waals surface area contributed by atoms with Crippen LogP contribution >= 0.6 is 0 Å². The van der Waals surface area contributed by atoms with E-state index in [9.17, 15) is 4.79 Å². The fourth-order valence-electron chi connectivity index (χ4n) is 2.98. The second-order valence-electron chi connectivity index (χ2n) is 6.73. The van der Waals surface area contributed by atoms with Crippen LogP contribution in [0.15, 0.2) is 58.0 Å². The lowest BCUT2D eigenvalue weighted by molar-refractivity contribution is 0.355. The summed E-state index contributed by atoms with van der Waals surface area (Å²) in [5, 5.41) is 8.41. The van der Waals surface area contributed by atoms with E-state index in [0.717, 1.165) is 11.3 Å². The number of benzene rings is 2. The molecule has 0 saturated carbocycles. The van der Waals surface area contributed by atoms with Crippen molar-refractivity contribution in [1.29, 1.82) is 0 Å². The van der Waals surface area contributed by atoms with Crippen molar-refractivity contribution in [3.8, 4) is 40.2 Å². The SMILES string of the molecule is COc1ccc(-c2noc(-c3nn(-c4ccc(C)c(C)c4)ccc3=O)n2)cc1OC. The standard InChI is InChI=1S/C22H20N4O4/c1-13-5-7-16(11-14(13)2)26-10-9-17(27)20(24-26)22-23-21(25-30-22)15-6-8-18(28-3)19(12-15)29-4/h5-12H,1-4H3. The van der Waals surface area contributed by atoms with Crippen LogP contribution in [0.25, 0.3) is 28.7 Å². The van der Waals surface area contributed by atoms with Crippen LogP contribution in [0.1, 0.15) is 11.1 Å². The van der Waals surface area contributed by atoms with Crippen LogP contribution in [-0.4, -0.2) is 34.1 Å². The number of aryl methyl sites for hydroxylation is 2. The fraction of sp³-hybridized carbons (Fsp3) is 0.182. The minimum Gasteiger partial charge on any atom is -0.493 e. The Bertz CT molecular complexity index is 1280. The summed E-state index contributed by atoms with van der Waals surface area (Å²) in [6, 6.07) is 12.6. The van der Waals surface area contributed by atoms with Gasteiger partial charge in [-0.1, -0.05) is 11.2 Å². The molecule has 0 saturated heterocycles. The number of nitrogens with zero attached hydrogens (tertiary/aromatic N) is 4. The third-order valence-corrected chi connectivity index (χ3v) is 4.83. The molecule has 4 rings (SSSR count). The van der Waals surface area contributed by atoms with Crippen molar-refractivity contribution < 1.29 is 14.0 Å². The molecule has 0 aliphatic rings. The smallest absolute Gasteiger partial charge is 0.282 e. The van der Waals surface area contributed by atoms with Gasteiger partial charge in [0.1, 0.15) is 0 Å². The lowest BCUT2D eigenvalue weighted by Crippen LogP contribution is -2.12. The largest absolute Gasteiger partial charge is 0.493 e. The quantitative estimate of drug-likeness (QED) is 0.502. The summed E-state index contributed by atoms with van der Waals surface area (Å²) in [5.41, 5.74) is 3.57. The molecule has 2 aromatic heterocycles. The third kappa shape index (κ3) is 3.55. The van der Waals surface area contributed by atoms with Gasteiger partial charge in [-0.15, -0.1) is 0 Å². The van der Waals surface area contributed by atoms with E-state index in [1.54, 1.807) is 43.3 Å². The number of hydrogen-bond donors (Lipinski definition) is 0. The van der Waals surface area contributed by atoms with Gasteiger partial charge in [0, 0.05) is 17.8 Å². The topological polar surface area (TPSA) is 92.3 Å². The van der Waals surface area contributed by atoms with Gasteiger partial charge in [-0.2, -0.15) is 10.1 Å². The molecule has 0 amide bonds. The van der Waals surface area contributed by atoms with Gasteiger partial charge in [0.25, 0.3) is 5.89 Å². The second kappa shape index (κ2) is 7.82. The highest BCUT2D eigenvalue weighted by Gasteiger charge is 2.17. The summed E-state index contributed by atoms with van der Waals surface area (Å²) in [4.78, 5) is 16.8. The Morgan fingerprint density at radius 2 is 1.73 bits per heavy atom. The summed E-state index contributed by atoms with van der Waals surface area (Å²) in [7, 11) is 3.11. The molecule has 30 heavy (non-hydrogen) atoms. The molecular formula is C22H20N4O4. The van der Waals surface area contributed by atoms with Crippen LogP contribution in [0.2, 0.25) is 0 Å². The number of ether oxygens (including phenoxy) is 2. The number of methoxy groups -OCH3 is 2. The first-order chi connectivity index (χ1) is 14.5. The zero-order chi connectivity index (χ0) is 21.3. The summed E-state index contributed by atoms with van der Waals surface area (Å²) in [6.45, 7) is 4.06. The Hall–Kier alpha value is -3.94. The first-order valence-electron chi connectivity index (χ1n) is 9.24. The Labute approximate surface area is 172 Å². The third-order valence-electron chi connectivity index (χ3n) is 4.83. The van der Waals surface area contributed by atoms with Gasteiger partial charge in [-0.25, -0.2) is 4.68 Å². The lowest BCUT2D eigenvalue weighted by Gasteiger charge is -2.08. The molecule has 2 heterocycles. The summed E-state index contributed by atoms with van der Waals surface area (Å²) >= 11 is 0. The Morgan fingerprint density at radius 3 is 2.47 bits per heavy atom. The molecule has 0 fully saturated rings. The highest BCUT2D eigenvalue weighted by atomic mass is 16.5. The van der Waals surface area contributed by atoms with Crippen LogP contribution in [0.3, 0.4) is 0 Å². The molecule has 4 aromatic rings. The predicted octanol–water partition coefficient (Wildman–Crippen LogP) is 3.58. The van der Waals surface area contributed by atoms with Crippen molar-refractivity contribution in [3.63, 3.8) is 0 Å². The zero-order valence-electron chi connectivity index (χ0n) is 17.0. The van der Waals surface area contributed by atoms with Crippen molar-refractivity contribution in [1.82, 2.24) is 19.9 Å². The van der Waals surface area contributed by atoms with Crippen molar-refractivity contribution in [2.24, 2.45) is 0 Å². The average Bonchev–Trinajstić information content (AvgIpc) is 3.25. The number of aromatic nitrogens is 4. The van der Waals surface area contributed by atoms with E-state index in [2.05, 4.69) is 15.2 Å². The molecule has 0 N–H and O–H groups in total. The van der Waals surface area contributed by atoms with Gasteiger partial charge in [0.05, 0.1) is 19.9 Å². The van der Waals surface area contributed by atoms with Crippen LogP contribution < -0.4 is 14.9 Å². The minimum atomic E-state index is -0.308. The highest BCUT2D eigenvalue weighted by molar-refractivity contribution is 5.62. The maximum atomic E-state index is 12.4. The predicted molar refractivity (Wildman–Crippen MR) is 111 cm³/mol. The first-order valence-corrected chi connectivity index (χ1v) is 9.24. The molecule has 152 valence electrons. The van der Waals surface area contributed by atoms with Crippen molar-refractivity contribution in [3.05, 3.63) is 70.0 Å². The van der Waals surface area contributed by atoms with Crippen LogP contribution in [0.4, 0.5) is 0 Å². The van der Waals surface area contributed by atoms with E-state index in [0.29, 0.717) is 22.9 Å². The number of rotatable bonds is 5. The minimum absolute atomic E-state index is 0.0444. The number of hydrogen-bond acceptors (Lipinski definition) is 7. The van der Waals surface area contributed by atoms with Crippen molar-refractivity contribution in [2.75, 3.05) is 14.2 Å². The van der Waals surface area contributed by atoms with E-state index < -0.39 is 0 Å². The molecule has 0 bridgehead atoms. The van der Waals surface area contributed by atoms with Gasteiger partial charge in [-0.05, 0) is 55.3 Å². The maximum Gasteiger partial charge on any atom is 0.282 e. The van der Waals surface area contributed by atoms with Gasteiger partial charge < -0.3 is 14.0 Å². The van der Waals surface area contributed by atoms with Gasteiger partial charge >= 0.3 is 0 Å². The highest BCUT2D eigenvalue weighted by Crippen LogP contribution is 2.31. The summed E-state index contributed by atoms with van der Waals surface area (Å²) in [5.74, 6) is 1.49. The molecule has 0 radical (unpaired) electrons. The Morgan fingerprint density at radius 1 is 0.933 bits per heavy atom. The van der Waals surface area contributed by atoms with Crippen LogP contribution in [0, 0.1) is 13.8 Å². The fourth-order valence-corrected chi connectivity index (χ4v) is 2.98. The van der Waals surface area contributed by atoms with E-state index in [-0.39, 0.29) is 17.0 Å². The molecule has 2 aromatic carbocycles. The molecule has 8 heteroatoms. The monoisotopic (exact) mass is 404 g/mol. The van der Waals surface area contributed by atoms with Gasteiger partial charge in [0.15, 0.2) is 17.2 Å². The van der Waals surface area contributed by atoms with Crippen LogP contribution in [0.5, 0.6) is 11.5 Å². The van der Waals surface area contributed by atoms with Crippen molar-refractivity contribution >= 4 is 0 Å². The van der Waals surface area contributed by atoms with E-state index in [1.165, 1.54) is 11.6 Å². The first kappa shape index (κ1) is 19.4. The van der Waals surface area contributed by atoms with Crippen LogP contribution in [-0.2, 0) is 0 Å². The van der Waals surface area contributed by atoms with E-state index in [1.807, 2.05) is 32.0 Å². The molecule has 0 aliphatic carbocycles. The van der Waals surface area contributed by atoms with Gasteiger partial charge in [-0.3, -0.25) is 4.79 Å². The lowest BCUT2D eigenvalue weighted by atomic mass is 10.1.